The summed E-state index contributed by atoms with van der Waals surface area (Å²) < 4.78 is 13.7. The Labute approximate surface area is 113 Å². The zero-order valence-electron chi connectivity index (χ0n) is 9.27. The minimum atomic E-state index is -0.967. The van der Waals surface area contributed by atoms with Crippen LogP contribution in [0.2, 0.25) is 4.34 Å². The van der Waals surface area contributed by atoms with Gasteiger partial charge >= 0.3 is 5.97 Å². The van der Waals surface area contributed by atoms with Gasteiger partial charge in [-0.3, -0.25) is 4.79 Å². The highest BCUT2D eigenvalue weighted by Gasteiger charge is 2.21. The number of carboxylic acids is 1. The molecule has 0 saturated carbocycles. The van der Waals surface area contributed by atoms with Crippen LogP contribution in [0, 0.1) is 5.82 Å². The smallest absolute Gasteiger partial charge is 0.311 e. The first-order chi connectivity index (χ1) is 8.56. The van der Waals surface area contributed by atoms with Crippen molar-refractivity contribution < 1.29 is 14.3 Å². The third-order valence-corrected chi connectivity index (χ3v) is 3.84. The minimum absolute atomic E-state index is 0.316. The molecule has 5 heteroatoms. The Balaban J connectivity index is 2.26. The van der Waals surface area contributed by atoms with Crippen LogP contribution in [0.1, 0.15) is 16.4 Å². The molecule has 0 radical (unpaired) electrons. The third kappa shape index (κ3) is 3.09. The fourth-order valence-electron chi connectivity index (χ4n) is 1.73. The van der Waals surface area contributed by atoms with Crippen LogP contribution in [0.15, 0.2) is 36.4 Å². The van der Waals surface area contributed by atoms with E-state index in [1.54, 1.807) is 18.2 Å². The van der Waals surface area contributed by atoms with Gasteiger partial charge in [-0.1, -0.05) is 23.7 Å². The Morgan fingerprint density at radius 1 is 1.39 bits per heavy atom. The monoisotopic (exact) mass is 284 g/mol. The van der Waals surface area contributed by atoms with Crippen LogP contribution in [0.3, 0.4) is 0 Å². The predicted molar refractivity (Wildman–Crippen MR) is 69.8 cm³/mol. The van der Waals surface area contributed by atoms with Crippen molar-refractivity contribution in [3.05, 3.63) is 57.0 Å². The molecule has 0 aliphatic heterocycles. The topological polar surface area (TPSA) is 37.3 Å². The number of benzene rings is 1. The van der Waals surface area contributed by atoms with Gasteiger partial charge in [-0.15, -0.1) is 11.3 Å². The standard InChI is InChI=1S/C13H10ClFO2S/c14-12-5-4-10(18-12)7-11(13(16)17)8-2-1-3-9(15)6-8/h1-6,11H,7H2,(H,16,17). The van der Waals surface area contributed by atoms with E-state index in [2.05, 4.69) is 0 Å². The van der Waals surface area contributed by atoms with Crippen LogP contribution in [0.25, 0.3) is 0 Å². The van der Waals surface area contributed by atoms with Gasteiger partial charge in [0.2, 0.25) is 0 Å². The molecule has 1 aromatic carbocycles. The highest BCUT2D eigenvalue weighted by atomic mass is 35.5. The molecule has 0 fully saturated rings. The fraction of sp³-hybridized carbons (Fsp3) is 0.154. The number of aliphatic carboxylic acids is 1. The number of carbonyl (C=O) groups is 1. The molecule has 0 amide bonds. The summed E-state index contributed by atoms with van der Waals surface area (Å²) in [6, 6.07) is 9.21. The minimum Gasteiger partial charge on any atom is -0.481 e. The van der Waals surface area contributed by atoms with Gasteiger partial charge in [0.15, 0.2) is 0 Å². The van der Waals surface area contributed by atoms with Crippen LogP contribution in [-0.2, 0) is 11.2 Å². The molecule has 0 aliphatic rings. The van der Waals surface area contributed by atoms with Crippen LogP contribution in [0.4, 0.5) is 4.39 Å². The second kappa shape index (κ2) is 5.50. The maximum absolute atomic E-state index is 13.1. The Kier molecular flexibility index (Phi) is 3.99. The van der Waals surface area contributed by atoms with E-state index in [0.29, 0.717) is 16.3 Å². The maximum Gasteiger partial charge on any atom is 0.311 e. The van der Waals surface area contributed by atoms with Crippen molar-refractivity contribution in [3.8, 4) is 0 Å². The predicted octanol–water partition coefficient (Wildman–Crippen LogP) is 3.95. The lowest BCUT2D eigenvalue weighted by atomic mass is 9.95. The summed E-state index contributed by atoms with van der Waals surface area (Å²) in [6.07, 6.45) is 0.316. The van der Waals surface area contributed by atoms with Crippen molar-refractivity contribution in [2.45, 2.75) is 12.3 Å². The lowest BCUT2D eigenvalue weighted by Gasteiger charge is -2.11. The van der Waals surface area contributed by atoms with E-state index in [4.69, 9.17) is 11.6 Å². The summed E-state index contributed by atoms with van der Waals surface area (Å²) in [5.74, 6) is -2.15. The van der Waals surface area contributed by atoms with E-state index < -0.39 is 17.7 Å². The van der Waals surface area contributed by atoms with Crippen molar-refractivity contribution in [3.63, 3.8) is 0 Å². The van der Waals surface area contributed by atoms with Gasteiger partial charge in [-0.25, -0.2) is 4.39 Å². The molecule has 0 aliphatic carbocycles. The second-order valence-electron chi connectivity index (χ2n) is 3.86. The Morgan fingerprint density at radius 2 is 2.17 bits per heavy atom. The van der Waals surface area contributed by atoms with Gasteiger partial charge in [0, 0.05) is 4.88 Å². The molecule has 0 saturated heterocycles. The lowest BCUT2D eigenvalue weighted by Crippen LogP contribution is -2.14. The fourth-order valence-corrected chi connectivity index (χ4v) is 2.87. The summed E-state index contributed by atoms with van der Waals surface area (Å²) in [6.45, 7) is 0. The second-order valence-corrected chi connectivity index (χ2v) is 5.66. The molecule has 1 heterocycles. The van der Waals surface area contributed by atoms with Crippen molar-refractivity contribution in [1.82, 2.24) is 0 Å². The van der Waals surface area contributed by atoms with Gasteiger partial charge in [-0.2, -0.15) is 0 Å². The largest absolute Gasteiger partial charge is 0.481 e. The Hall–Kier alpha value is -1.39. The number of hydrogen-bond acceptors (Lipinski definition) is 2. The normalized spacial score (nSPS) is 12.3. The van der Waals surface area contributed by atoms with Gasteiger partial charge in [0.25, 0.3) is 0 Å². The number of thiophene rings is 1. The summed E-state index contributed by atoms with van der Waals surface area (Å²) in [7, 11) is 0. The van der Waals surface area contributed by atoms with Crippen LogP contribution < -0.4 is 0 Å². The molecule has 94 valence electrons. The van der Waals surface area contributed by atoms with Crippen molar-refractivity contribution >= 4 is 28.9 Å². The molecule has 1 N–H and O–H groups in total. The SMILES string of the molecule is O=C(O)C(Cc1ccc(Cl)s1)c1cccc(F)c1. The van der Waals surface area contributed by atoms with Crippen molar-refractivity contribution in [2.24, 2.45) is 0 Å². The van der Waals surface area contributed by atoms with Crippen LogP contribution in [0.5, 0.6) is 0 Å². The summed E-state index contributed by atoms with van der Waals surface area (Å²) in [5.41, 5.74) is 0.465. The molecule has 0 spiro atoms. The van der Waals surface area contributed by atoms with E-state index in [1.165, 1.54) is 29.5 Å². The molecular weight excluding hydrogens is 275 g/mol. The average Bonchev–Trinajstić information content (AvgIpc) is 2.71. The first kappa shape index (κ1) is 13.1. The van der Waals surface area contributed by atoms with E-state index >= 15 is 0 Å². The Morgan fingerprint density at radius 3 is 2.72 bits per heavy atom. The highest BCUT2D eigenvalue weighted by Crippen LogP contribution is 2.28. The van der Waals surface area contributed by atoms with Crippen LogP contribution in [-0.4, -0.2) is 11.1 Å². The van der Waals surface area contributed by atoms with E-state index in [9.17, 15) is 14.3 Å². The average molecular weight is 285 g/mol. The highest BCUT2D eigenvalue weighted by molar-refractivity contribution is 7.16. The molecule has 2 aromatic rings. The van der Waals surface area contributed by atoms with Gasteiger partial charge < -0.3 is 5.11 Å². The first-order valence-electron chi connectivity index (χ1n) is 5.29. The van der Waals surface area contributed by atoms with Gasteiger partial charge in [0.1, 0.15) is 5.82 Å². The van der Waals surface area contributed by atoms with Crippen molar-refractivity contribution in [1.29, 1.82) is 0 Å². The maximum atomic E-state index is 13.1. The van der Waals surface area contributed by atoms with E-state index in [-0.39, 0.29) is 0 Å². The molecule has 0 bridgehead atoms. The molecule has 2 nitrogen and oxygen atoms in total. The summed E-state index contributed by atoms with van der Waals surface area (Å²) in [4.78, 5) is 12.1. The third-order valence-electron chi connectivity index (χ3n) is 2.58. The van der Waals surface area contributed by atoms with Gasteiger partial charge in [-0.05, 0) is 36.2 Å². The lowest BCUT2D eigenvalue weighted by molar-refractivity contribution is -0.138. The number of halogens is 2. The Bertz CT molecular complexity index is 568. The molecule has 1 atom stereocenters. The number of rotatable bonds is 4. The summed E-state index contributed by atoms with van der Waals surface area (Å²) in [5, 5.41) is 9.23. The molecule has 18 heavy (non-hydrogen) atoms. The molecule has 1 aromatic heterocycles. The first-order valence-corrected chi connectivity index (χ1v) is 6.48. The van der Waals surface area contributed by atoms with E-state index in [0.717, 1.165) is 4.88 Å². The molecule has 2 rings (SSSR count). The molecule has 1 unspecified atom stereocenters. The summed E-state index contributed by atoms with van der Waals surface area (Å²) >= 11 is 7.15. The quantitative estimate of drug-likeness (QED) is 0.923. The van der Waals surface area contributed by atoms with E-state index in [1.807, 2.05) is 0 Å². The number of hydrogen-bond donors (Lipinski definition) is 1. The molecular formula is C13H10ClFO2S. The van der Waals surface area contributed by atoms with Gasteiger partial charge in [0.05, 0.1) is 10.3 Å². The van der Waals surface area contributed by atoms with Crippen molar-refractivity contribution in [2.75, 3.05) is 0 Å². The zero-order chi connectivity index (χ0) is 13.1. The van der Waals surface area contributed by atoms with Crippen LogP contribution >= 0.6 is 22.9 Å². The zero-order valence-corrected chi connectivity index (χ0v) is 10.8. The number of carboxylic acid groups (broad SMARTS) is 1.